The van der Waals surface area contributed by atoms with Crippen LogP contribution in [0.2, 0.25) is 0 Å². The van der Waals surface area contributed by atoms with Crippen LogP contribution in [0.25, 0.3) is 10.8 Å². The van der Waals surface area contributed by atoms with Gasteiger partial charge in [-0.25, -0.2) is 13.2 Å². The smallest absolute Gasteiger partial charge is 0.321 e. The molecule has 0 aliphatic carbocycles. The number of carbonyl (C=O) groups is 1. The molecule has 0 saturated carbocycles. The number of fused-ring (bicyclic) bond motifs is 1. The third kappa shape index (κ3) is 3.53. The topological polar surface area (TPSA) is 66.5 Å². The number of sulfone groups is 1. The molecule has 1 aliphatic heterocycles. The number of hydrogen-bond acceptors (Lipinski definition) is 3. The minimum Gasteiger partial charge on any atom is -0.327 e. The summed E-state index contributed by atoms with van der Waals surface area (Å²) in [7, 11) is -1.27. The van der Waals surface area contributed by atoms with E-state index in [2.05, 4.69) is 5.32 Å². The Balaban J connectivity index is 1.72. The lowest BCUT2D eigenvalue weighted by atomic mass is 9.90. The SMILES string of the molecule is CN(CC1(C)CCS(=O)(=O)C1)C(=O)Nc1cccc2ccccc12. The van der Waals surface area contributed by atoms with Crippen molar-refractivity contribution in [3.05, 3.63) is 42.5 Å². The van der Waals surface area contributed by atoms with Crippen LogP contribution in [0.15, 0.2) is 42.5 Å². The second-order valence-corrected chi connectivity index (χ2v) is 9.15. The van der Waals surface area contributed by atoms with Crippen LogP contribution >= 0.6 is 0 Å². The summed E-state index contributed by atoms with van der Waals surface area (Å²) < 4.78 is 23.4. The second-order valence-electron chi connectivity index (χ2n) is 6.97. The fraction of sp³-hybridized carbons (Fsp3) is 0.389. The van der Waals surface area contributed by atoms with E-state index in [0.29, 0.717) is 13.0 Å². The molecule has 2 amide bonds. The maximum absolute atomic E-state index is 12.5. The van der Waals surface area contributed by atoms with Gasteiger partial charge in [0.05, 0.1) is 17.2 Å². The van der Waals surface area contributed by atoms with Gasteiger partial charge in [-0.2, -0.15) is 0 Å². The molecule has 1 fully saturated rings. The van der Waals surface area contributed by atoms with Gasteiger partial charge in [0.25, 0.3) is 0 Å². The largest absolute Gasteiger partial charge is 0.327 e. The molecule has 0 aromatic heterocycles. The number of carbonyl (C=O) groups excluding carboxylic acids is 1. The van der Waals surface area contributed by atoms with Crippen molar-refractivity contribution in [3.8, 4) is 0 Å². The molecule has 1 N–H and O–H groups in total. The fourth-order valence-corrected chi connectivity index (χ4v) is 5.64. The van der Waals surface area contributed by atoms with Gasteiger partial charge in [-0.3, -0.25) is 0 Å². The van der Waals surface area contributed by atoms with Crippen molar-refractivity contribution in [1.82, 2.24) is 4.90 Å². The molecular weight excluding hydrogens is 324 g/mol. The maximum Gasteiger partial charge on any atom is 0.321 e. The first-order chi connectivity index (χ1) is 11.3. The average Bonchev–Trinajstić information content (AvgIpc) is 2.80. The van der Waals surface area contributed by atoms with Gasteiger partial charge in [-0.05, 0) is 17.9 Å². The number of anilines is 1. The van der Waals surface area contributed by atoms with E-state index < -0.39 is 9.84 Å². The number of nitrogens with one attached hydrogen (secondary N) is 1. The highest BCUT2D eigenvalue weighted by Crippen LogP contribution is 2.32. The highest BCUT2D eigenvalue weighted by molar-refractivity contribution is 7.91. The molecule has 5 nitrogen and oxygen atoms in total. The number of nitrogens with zero attached hydrogens (tertiary/aromatic N) is 1. The molecule has 0 spiro atoms. The van der Waals surface area contributed by atoms with E-state index in [1.54, 1.807) is 11.9 Å². The number of rotatable bonds is 3. The first kappa shape index (κ1) is 16.8. The van der Waals surface area contributed by atoms with E-state index in [1.165, 1.54) is 0 Å². The third-order valence-electron chi connectivity index (χ3n) is 4.58. The molecule has 3 rings (SSSR count). The lowest BCUT2D eigenvalue weighted by Crippen LogP contribution is -2.40. The fourth-order valence-electron chi connectivity index (χ4n) is 3.39. The summed E-state index contributed by atoms with van der Waals surface area (Å²) in [4.78, 5) is 14.1. The van der Waals surface area contributed by atoms with Crippen molar-refractivity contribution in [1.29, 1.82) is 0 Å². The zero-order chi connectivity index (χ0) is 17.4. The van der Waals surface area contributed by atoms with Crippen molar-refractivity contribution in [2.45, 2.75) is 13.3 Å². The molecule has 1 aliphatic rings. The molecule has 2 aromatic carbocycles. The first-order valence-electron chi connectivity index (χ1n) is 7.98. The van der Waals surface area contributed by atoms with Gasteiger partial charge in [0.2, 0.25) is 0 Å². The van der Waals surface area contributed by atoms with Gasteiger partial charge in [-0.1, -0.05) is 43.3 Å². The van der Waals surface area contributed by atoms with E-state index in [0.717, 1.165) is 16.5 Å². The van der Waals surface area contributed by atoms with Crippen LogP contribution in [0.4, 0.5) is 10.5 Å². The second kappa shape index (κ2) is 6.09. The third-order valence-corrected chi connectivity index (χ3v) is 6.54. The van der Waals surface area contributed by atoms with E-state index in [9.17, 15) is 13.2 Å². The number of benzene rings is 2. The predicted molar refractivity (Wildman–Crippen MR) is 97.0 cm³/mol. The summed E-state index contributed by atoms with van der Waals surface area (Å²) in [6.07, 6.45) is 0.598. The average molecular weight is 346 g/mol. The van der Waals surface area contributed by atoms with Crippen molar-refractivity contribution in [2.75, 3.05) is 30.4 Å². The molecule has 1 atom stereocenters. The van der Waals surface area contributed by atoms with Crippen LogP contribution in [-0.2, 0) is 9.84 Å². The van der Waals surface area contributed by atoms with Gasteiger partial charge in [0.15, 0.2) is 9.84 Å². The number of amides is 2. The summed E-state index contributed by atoms with van der Waals surface area (Å²) >= 11 is 0. The van der Waals surface area contributed by atoms with Gasteiger partial charge in [-0.15, -0.1) is 0 Å². The van der Waals surface area contributed by atoms with Gasteiger partial charge in [0, 0.05) is 24.4 Å². The first-order valence-corrected chi connectivity index (χ1v) is 9.81. The molecule has 0 radical (unpaired) electrons. The van der Waals surface area contributed by atoms with Crippen LogP contribution in [0.3, 0.4) is 0 Å². The van der Waals surface area contributed by atoms with Crippen LogP contribution in [-0.4, -0.2) is 44.4 Å². The van der Waals surface area contributed by atoms with E-state index in [4.69, 9.17) is 0 Å². The summed E-state index contributed by atoms with van der Waals surface area (Å²) in [5.41, 5.74) is 0.387. The lowest BCUT2D eigenvalue weighted by Gasteiger charge is -2.29. The predicted octanol–water partition coefficient (Wildman–Crippen LogP) is 3.13. The molecule has 1 saturated heterocycles. The number of urea groups is 1. The Kier molecular flexibility index (Phi) is 4.25. The lowest BCUT2D eigenvalue weighted by molar-refractivity contribution is 0.197. The van der Waals surface area contributed by atoms with Gasteiger partial charge < -0.3 is 10.2 Å². The Labute approximate surface area is 142 Å². The van der Waals surface area contributed by atoms with Gasteiger partial charge in [0.1, 0.15) is 0 Å². The monoisotopic (exact) mass is 346 g/mol. The van der Waals surface area contributed by atoms with Crippen molar-refractivity contribution < 1.29 is 13.2 Å². The zero-order valence-electron chi connectivity index (χ0n) is 14.0. The van der Waals surface area contributed by atoms with Crippen LogP contribution in [0, 0.1) is 5.41 Å². The summed E-state index contributed by atoms with van der Waals surface area (Å²) in [6, 6.07) is 13.4. The normalized spacial score (nSPS) is 22.4. The Morgan fingerprint density at radius 1 is 1.21 bits per heavy atom. The van der Waals surface area contributed by atoms with Crippen LogP contribution < -0.4 is 5.32 Å². The molecule has 2 aromatic rings. The Bertz CT molecular complexity index is 873. The Hall–Kier alpha value is -2.08. The Morgan fingerprint density at radius 2 is 1.92 bits per heavy atom. The highest BCUT2D eigenvalue weighted by atomic mass is 32.2. The Morgan fingerprint density at radius 3 is 2.62 bits per heavy atom. The molecule has 1 unspecified atom stereocenters. The molecular formula is C18H22N2O3S. The maximum atomic E-state index is 12.5. The minimum absolute atomic E-state index is 0.145. The molecule has 128 valence electrons. The van der Waals surface area contributed by atoms with Gasteiger partial charge >= 0.3 is 6.03 Å². The molecule has 6 heteroatoms. The standard InChI is InChI=1S/C18H22N2O3S/c1-18(10-11-24(22,23)13-18)12-20(2)17(21)19-16-9-5-7-14-6-3-4-8-15(14)16/h3-9H,10-13H2,1-2H3,(H,19,21). The molecule has 24 heavy (non-hydrogen) atoms. The van der Waals surface area contributed by atoms with E-state index in [1.807, 2.05) is 49.4 Å². The zero-order valence-corrected chi connectivity index (χ0v) is 14.8. The summed E-state index contributed by atoms with van der Waals surface area (Å²) in [5.74, 6) is 0.355. The van der Waals surface area contributed by atoms with E-state index in [-0.39, 0.29) is 23.0 Å². The summed E-state index contributed by atoms with van der Waals surface area (Å²) in [5, 5.41) is 4.98. The minimum atomic E-state index is -2.97. The van der Waals surface area contributed by atoms with Crippen molar-refractivity contribution in [2.24, 2.45) is 5.41 Å². The molecule has 0 bridgehead atoms. The van der Waals surface area contributed by atoms with Crippen LogP contribution in [0.1, 0.15) is 13.3 Å². The van der Waals surface area contributed by atoms with Crippen molar-refractivity contribution >= 4 is 32.3 Å². The highest BCUT2D eigenvalue weighted by Gasteiger charge is 2.39. The number of hydrogen-bond donors (Lipinski definition) is 1. The quantitative estimate of drug-likeness (QED) is 0.928. The van der Waals surface area contributed by atoms with Crippen molar-refractivity contribution in [3.63, 3.8) is 0 Å². The summed E-state index contributed by atoms with van der Waals surface area (Å²) in [6.45, 7) is 2.35. The van der Waals surface area contributed by atoms with Crippen LogP contribution in [0.5, 0.6) is 0 Å². The van der Waals surface area contributed by atoms with E-state index >= 15 is 0 Å². The molecule has 1 heterocycles.